The average Bonchev–Trinajstić information content (AvgIpc) is 2.80. The van der Waals surface area contributed by atoms with E-state index in [1.807, 2.05) is 13.8 Å². The summed E-state index contributed by atoms with van der Waals surface area (Å²) in [5.41, 5.74) is 1.20. The Labute approximate surface area is 213 Å². The van der Waals surface area contributed by atoms with E-state index in [9.17, 15) is 26.7 Å². The molecule has 0 unspecified atom stereocenters. The van der Waals surface area contributed by atoms with E-state index in [0.717, 1.165) is 11.8 Å². The van der Waals surface area contributed by atoms with Crippen molar-refractivity contribution in [2.24, 2.45) is 5.92 Å². The van der Waals surface area contributed by atoms with Crippen molar-refractivity contribution in [2.75, 3.05) is 37.7 Å². The number of hydrogen-bond donors (Lipinski definition) is 2. The second-order valence-corrected chi connectivity index (χ2v) is 13.1. The molecule has 0 bridgehead atoms. The van der Waals surface area contributed by atoms with Crippen LogP contribution in [0.4, 0.5) is 5.69 Å². The second-order valence-electron chi connectivity index (χ2n) is 9.30. The Morgan fingerprint density at radius 1 is 1.17 bits per heavy atom. The maximum absolute atomic E-state index is 13.5. The molecule has 3 atom stereocenters. The fourth-order valence-corrected chi connectivity index (χ4v) is 5.29. The van der Waals surface area contributed by atoms with Gasteiger partial charge in [-0.1, -0.05) is 24.6 Å². The van der Waals surface area contributed by atoms with Crippen molar-refractivity contribution in [1.82, 2.24) is 9.21 Å². The average molecular weight is 540 g/mol. The largest absolute Gasteiger partial charge is 0.488 e. The lowest BCUT2D eigenvalue weighted by atomic mass is 9.99. The Hall–Kier alpha value is -2.67. The Bertz CT molecular complexity index is 1310. The van der Waals surface area contributed by atoms with Crippen molar-refractivity contribution in [3.05, 3.63) is 53.6 Å². The number of carbonyl (C=O) groups excluding carboxylic acids is 1. The molecule has 0 aliphatic carbocycles. The predicted molar refractivity (Wildman–Crippen MR) is 137 cm³/mol. The quantitative estimate of drug-likeness (QED) is 0.523. The Kier molecular flexibility index (Phi) is 8.33. The third-order valence-corrected chi connectivity index (χ3v) is 8.93. The smallest absolute Gasteiger partial charge is 0.261 e. The molecular weight excluding hydrogens is 506 g/mol. The van der Waals surface area contributed by atoms with Gasteiger partial charge in [0.1, 0.15) is 11.9 Å². The molecule has 0 spiro atoms. The summed E-state index contributed by atoms with van der Waals surface area (Å²) in [5, 5.41) is 9.77. The molecule has 0 aromatic heterocycles. The van der Waals surface area contributed by atoms with Gasteiger partial charge in [-0.15, -0.1) is 0 Å². The zero-order chi connectivity index (χ0) is 26.8. The molecule has 0 radical (unpaired) electrons. The number of rotatable bonds is 8. The van der Waals surface area contributed by atoms with Crippen LogP contribution < -0.4 is 9.46 Å². The van der Waals surface area contributed by atoms with Gasteiger partial charge in [-0.25, -0.2) is 21.1 Å². The Morgan fingerprint density at radius 2 is 1.81 bits per heavy atom. The van der Waals surface area contributed by atoms with E-state index < -0.39 is 38.1 Å². The minimum atomic E-state index is -3.91. The van der Waals surface area contributed by atoms with Gasteiger partial charge in [0.15, 0.2) is 0 Å². The summed E-state index contributed by atoms with van der Waals surface area (Å²) in [4.78, 5) is 15.1. The number of fused-ring (bicyclic) bond motifs is 1. The topological polar surface area (TPSA) is 133 Å². The summed E-state index contributed by atoms with van der Waals surface area (Å²) in [7, 11) is -5.92. The fraction of sp³-hybridized carbons (Fsp3) is 0.458. The van der Waals surface area contributed by atoms with Gasteiger partial charge in [0.25, 0.3) is 15.9 Å². The molecule has 12 heteroatoms. The molecular formula is C24H33N3O7S2. The number of aliphatic hydroxyl groups is 1. The SMILES string of the molecule is Cc1ccc(S(=O)(=O)Nc2ccc3c(c2)C(=O)N([C@@H](C)CO)C[C@@H](C)[C@H](CN(C)S(C)(=O)=O)O3)cc1. The van der Waals surface area contributed by atoms with Crippen molar-refractivity contribution in [2.45, 2.75) is 37.8 Å². The predicted octanol–water partition coefficient (Wildman–Crippen LogP) is 1.91. The number of ether oxygens (including phenoxy) is 1. The first-order valence-corrected chi connectivity index (χ1v) is 14.8. The Balaban J connectivity index is 2.01. The van der Waals surface area contributed by atoms with Crippen molar-refractivity contribution in [1.29, 1.82) is 0 Å². The van der Waals surface area contributed by atoms with E-state index >= 15 is 0 Å². The lowest BCUT2D eigenvalue weighted by Gasteiger charge is -2.38. The molecule has 10 nitrogen and oxygen atoms in total. The highest BCUT2D eigenvalue weighted by molar-refractivity contribution is 7.92. The van der Waals surface area contributed by atoms with Crippen LogP contribution in [-0.2, 0) is 20.0 Å². The fourth-order valence-electron chi connectivity index (χ4n) is 3.82. The standard InChI is InChI=1S/C24H33N3O7S2/c1-16-6-9-20(10-7-16)36(32,33)25-19-8-11-22-21(12-19)24(29)27(18(3)15-28)13-17(2)23(34-22)14-26(4)35(5,30)31/h6-12,17-18,23,25,28H,13-15H2,1-5H3/t17-,18+,23+/m1/s1. The molecule has 3 rings (SSSR count). The van der Waals surface area contributed by atoms with Crippen molar-refractivity contribution < 1.29 is 31.5 Å². The third-order valence-electron chi connectivity index (χ3n) is 6.25. The number of aryl methyl sites for hydroxylation is 1. The van der Waals surface area contributed by atoms with Crippen LogP contribution in [0.25, 0.3) is 0 Å². The molecule has 0 fully saturated rings. The highest BCUT2D eigenvalue weighted by Gasteiger charge is 2.34. The number of nitrogens with zero attached hydrogens (tertiary/aromatic N) is 2. The van der Waals surface area contributed by atoms with E-state index in [-0.39, 0.29) is 47.5 Å². The third kappa shape index (κ3) is 6.36. The van der Waals surface area contributed by atoms with E-state index in [2.05, 4.69) is 4.72 Å². The van der Waals surface area contributed by atoms with Crippen molar-refractivity contribution >= 4 is 31.6 Å². The van der Waals surface area contributed by atoms with Gasteiger partial charge in [0.05, 0.1) is 35.9 Å². The first kappa shape index (κ1) is 27.9. The molecule has 2 aromatic carbocycles. The molecule has 0 saturated carbocycles. The van der Waals surface area contributed by atoms with Crippen LogP contribution in [0.2, 0.25) is 0 Å². The molecule has 198 valence electrons. The van der Waals surface area contributed by atoms with Crippen LogP contribution in [0.5, 0.6) is 5.75 Å². The lowest BCUT2D eigenvalue weighted by Crippen LogP contribution is -2.50. The number of likely N-dealkylation sites (N-methyl/N-ethyl adjacent to an activating group) is 1. The number of amides is 1. The number of nitrogens with one attached hydrogen (secondary N) is 1. The van der Waals surface area contributed by atoms with Crippen LogP contribution in [0.15, 0.2) is 47.4 Å². The minimum Gasteiger partial charge on any atom is -0.488 e. The summed E-state index contributed by atoms with van der Waals surface area (Å²) < 4.78 is 59.6. The van der Waals surface area contributed by atoms with Crippen LogP contribution >= 0.6 is 0 Å². The van der Waals surface area contributed by atoms with Crippen LogP contribution in [-0.4, -0.2) is 82.2 Å². The molecule has 0 saturated heterocycles. The normalized spacial score (nSPS) is 19.8. The first-order valence-electron chi connectivity index (χ1n) is 11.5. The van der Waals surface area contributed by atoms with E-state index in [4.69, 9.17) is 4.74 Å². The molecule has 2 N–H and O–H groups in total. The van der Waals surface area contributed by atoms with Gasteiger partial charge < -0.3 is 14.7 Å². The first-order chi connectivity index (χ1) is 16.7. The number of benzene rings is 2. The Morgan fingerprint density at radius 3 is 2.39 bits per heavy atom. The highest BCUT2D eigenvalue weighted by Crippen LogP contribution is 2.31. The van der Waals surface area contributed by atoms with Gasteiger partial charge in [-0.2, -0.15) is 0 Å². The van der Waals surface area contributed by atoms with Gasteiger partial charge in [-0.05, 0) is 44.2 Å². The molecule has 1 aliphatic heterocycles. The zero-order valence-corrected chi connectivity index (χ0v) is 22.6. The molecule has 1 aliphatic rings. The van der Waals surface area contributed by atoms with E-state index in [0.29, 0.717) is 0 Å². The number of carbonyl (C=O) groups is 1. The maximum atomic E-state index is 13.5. The molecule has 1 heterocycles. The summed E-state index contributed by atoms with van der Waals surface area (Å²) in [5.74, 6) is -0.489. The van der Waals surface area contributed by atoms with Crippen LogP contribution in [0, 0.1) is 12.8 Å². The molecule has 2 aromatic rings. The summed E-state index contributed by atoms with van der Waals surface area (Å²) in [6.45, 7) is 5.39. The van der Waals surface area contributed by atoms with Crippen LogP contribution in [0.3, 0.4) is 0 Å². The van der Waals surface area contributed by atoms with E-state index in [1.54, 1.807) is 19.1 Å². The van der Waals surface area contributed by atoms with Gasteiger partial charge in [-0.3, -0.25) is 9.52 Å². The van der Waals surface area contributed by atoms with Crippen molar-refractivity contribution in [3.8, 4) is 5.75 Å². The summed E-state index contributed by atoms with van der Waals surface area (Å²) in [6, 6.07) is 10.2. The molecule has 1 amide bonds. The molecule has 36 heavy (non-hydrogen) atoms. The van der Waals surface area contributed by atoms with E-state index in [1.165, 1.54) is 46.6 Å². The summed E-state index contributed by atoms with van der Waals surface area (Å²) in [6.07, 6.45) is 0.505. The zero-order valence-electron chi connectivity index (χ0n) is 21.0. The number of anilines is 1. The van der Waals surface area contributed by atoms with Gasteiger partial charge in [0.2, 0.25) is 10.0 Å². The summed E-state index contributed by atoms with van der Waals surface area (Å²) >= 11 is 0. The van der Waals surface area contributed by atoms with Crippen LogP contribution in [0.1, 0.15) is 29.8 Å². The second kappa shape index (κ2) is 10.8. The van der Waals surface area contributed by atoms with Crippen molar-refractivity contribution in [3.63, 3.8) is 0 Å². The number of sulfonamides is 2. The van der Waals surface area contributed by atoms with Gasteiger partial charge >= 0.3 is 0 Å². The number of aliphatic hydroxyl groups excluding tert-OH is 1. The lowest BCUT2D eigenvalue weighted by molar-refractivity contribution is 0.0387. The maximum Gasteiger partial charge on any atom is 0.261 e. The number of hydrogen-bond acceptors (Lipinski definition) is 7. The monoisotopic (exact) mass is 539 g/mol. The highest BCUT2D eigenvalue weighted by atomic mass is 32.2. The van der Waals surface area contributed by atoms with Gasteiger partial charge in [0, 0.05) is 25.2 Å². The minimum absolute atomic E-state index is 0.0524.